The predicted molar refractivity (Wildman–Crippen MR) is 113 cm³/mol. The zero-order valence-electron chi connectivity index (χ0n) is 16.8. The molecule has 0 spiro atoms. The Kier molecular flexibility index (Phi) is 6.01. The normalized spacial score (nSPS) is 20.2. The summed E-state index contributed by atoms with van der Waals surface area (Å²) in [6, 6.07) is 8.32. The van der Waals surface area contributed by atoms with E-state index in [1.54, 1.807) is 11.8 Å². The maximum atomic E-state index is 13.1. The first-order valence-corrected chi connectivity index (χ1v) is 11.3. The molecule has 1 fully saturated rings. The van der Waals surface area contributed by atoms with Gasteiger partial charge in [0.2, 0.25) is 5.91 Å². The molecule has 7 heteroatoms. The van der Waals surface area contributed by atoms with Crippen molar-refractivity contribution in [1.29, 1.82) is 0 Å². The standard InChI is InChI=1S/C21H29N5OS/c1-3-28-21-23-22-20(24(21)2)17-10-6-12-25(14-17)15-19(27)26-13-7-9-16-8-4-5-11-18(16)26/h4-5,8,11,17H,3,6-7,9-10,12-15H2,1-2H3/t17-/m1/s1. The lowest BCUT2D eigenvalue weighted by Crippen LogP contribution is -2.45. The van der Waals surface area contributed by atoms with Crippen LogP contribution in [0.4, 0.5) is 5.69 Å². The SMILES string of the molecule is CCSc1nnc([C@@H]2CCCN(CC(=O)N3CCCc4ccccc43)C2)n1C. The molecule has 0 unspecified atom stereocenters. The molecule has 0 radical (unpaired) electrons. The predicted octanol–water partition coefficient (Wildman–Crippen LogP) is 3.09. The monoisotopic (exact) mass is 399 g/mol. The van der Waals surface area contributed by atoms with E-state index in [9.17, 15) is 4.79 Å². The molecule has 0 saturated carbocycles. The van der Waals surface area contributed by atoms with Crippen molar-refractivity contribution >= 4 is 23.4 Å². The van der Waals surface area contributed by atoms with Gasteiger partial charge in [0.15, 0.2) is 5.16 Å². The van der Waals surface area contributed by atoms with Crippen LogP contribution in [0.1, 0.15) is 43.5 Å². The molecule has 1 amide bonds. The second-order valence-electron chi connectivity index (χ2n) is 7.68. The number of likely N-dealkylation sites (tertiary alicyclic amines) is 1. The maximum Gasteiger partial charge on any atom is 0.241 e. The van der Waals surface area contributed by atoms with Gasteiger partial charge in [0.05, 0.1) is 6.54 Å². The van der Waals surface area contributed by atoms with Gasteiger partial charge in [-0.3, -0.25) is 9.69 Å². The minimum Gasteiger partial charge on any atom is -0.311 e. The molecule has 1 aromatic carbocycles. The van der Waals surface area contributed by atoms with E-state index < -0.39 is 0 Å². The number of hydrogen-bond donors (Lipinski definition) is 0. The van der Waals surface area contributed by atoms with E-state index in [1.807, 2.05) is 11.0 Å². The molecule has 6 nitrogen and oxygen atoms in total. The van der Waals surface area contributed by atoms with Crippen molar-refractivity contribution in [3.05, 3.63) is 35.7 Å². The van der Waals surface area contributed by atoms with Crippen molar-refractivity contribution in [1.82, 2.24) is 19.7 Å². The van der Waals surface area contributed by atoms with Crippen molar-refractivity contribution in [2.75, 3.05) is 36.8 Å². The number of aryl methyl sites for hydroxylation is 1. The van der Waals surface area contributed by atoms with Crippen molar-refractivity contribution in [3.8, 4) is 0 Å². The molecule has 0 aliphatic carbocycles. The number of amides is 1. The van der Waals surface area contributed by atoms with E-state index in [-0.39, 0.29) is 5.91 Å². The lowest BCUT2D eigenvalue weighted by Gasteiger charge is -2.35. The average Bonchev–Trinajstić information content (AvgIpc) is 3.08. The van der Waals surface area contributed by atoms with Gasteiger partial charge in [0, 0.05) is 31.7 Å². The van der Waals surface area contributed by atoms with Gasteiger partial charge < -0.3 is 9.47 Å². The van der Waals surface area contributed by atoms with Crippen LogP contribution < -0.4 is 4.90 Å². The van der Waals surface area contributed by atoms with Gasteiger partial charge in [-0.1, -0.05) is 36.9 Å². The molecule has 150 valence electrons. The van der Waals surface area contributed by atoms with Gasteiger partial charge in [-0.15, -0.1) is 10.2 Å². The summed E-state index contributed by atoms with van der Waals surface area (Å²) < 4.78 is 2.13. The smallest absolute Gasteiger partial charge is 0.241 e. The van der Waals surface area contributed by atoms with Crippen LogP contribution in [0.5, 0.6) is 0 Å². The third kappa shape index (κ3) is 3.96. The number of benzene rings is 1. The molecule has 2 aromatic rings. The topological polar surface area (TPSA) is 54.3 Å². The van der Waals surface area contributed by atoms with Crippen molar-refractivity contribution in [2.24, 2.45) is 7.05 Å². The Hall–Kier alpha value is -1.86. The minimum absolute atomic E-state index is 0.216. The summed E-state index contributed by atoms with van der Waals surface area (Å²) in [5.41, 5.74) is 2.39. The molecule has 1 atom stereocenters. The molecule has 3 heterocycles. The maximum absolute atomic E-state index is 13.1. The van der Waals surface area contributed by atoms with Gasteiger partial charge in [0.25, 0.3) is 0 Å². The van der Waals surface area contributed by atoms with Gasteiger partial charge in [0.1, 0.15) is 5.82 Å². The van der Waals surface area contributed by atoms with Crippen LogP contribution >= 0.6 is 11.8 Å². The Morgan fingerprint density at radius 2 is 2.07 bits per heavy atom. The fraction of sp³-hybridized carbons (Fsp3) is 0.571. The van der Waals surface area contributed by atoms with Crippen LogP contribution in [0.2, 0.25) is 0 Å². The Bertz CT molecular complexity index is 836. The Morgan fingerprint density at radius 1 is 1.21 bits per heavy atom. The Balaban J connectivity index is 1.43. The number of piperidine rings is 1. The molecule has 1 saturated heterocycles. The summed E-state index contributed by atoms with van der Waals surface area (Å²) in [5.74, 6) is 2.61. The van der Waals surface area contributed by atoms with Crippen LogP contribution in [-0.2, 0) is 18.3 Å². The van der Waals surface area contributed by atoms with Gasteiger partial charge in [-0.2, -0.15) is 0 Å². The van der Waals surface area contributed by atoms with E-state index in [2.05, 4.69) is 51.8 Å². The molecule has 1 aromatic heterocycles. The fourth-order valence-electron chi connectivity index (χ4n) is 4.42. The van der Waals surface area contributed by atoms with Crippen LogP contribution in [0.3, 0.4) is 0 Å². The molecule has 0 bridgehead atoms. The van der Waals surface area contributed by atoms with Crippen LogP contribution in [0, 0.1) is 0 Å². The largest absolute Gasteiger partial charge is 0.311 e. The highest BCUT2D eigenvalue weighted by Crippen LogP contribution is 2.29. The highest BCUT2D eigenvalue weighted by molar-refractivity contribution is 7.99. The van der Waals surface area contributed by atoms with E-state index in [4.69, 9.17) is 0 Å². The molecule has 2 aliphatic rings. The average molecular weight is 400 g/mol. The van der Waals surface area contributed by atoms with Crippen LogP contribution in [0.25, 0.3) is 0 Å². The van der Waals surface area contributed by atoms with Gasteiger partial charge in [-0.05, 0) is 49.6 Å². The van der Waals surface area contributed by atoms with E-state index in [1.165, 1.54) is 5.56 Å². The number of carbonyl (C=O) groups excluding carboxylic acids is 1. The van der Waals surface area contributed by atoms with Crippen LogP contribution in [-0.4, -0.2) is 57.5 Å². The number of aromatic nitrogens is 3. The number of rotatable bonds is 5. The summed E-state index contributed by atoms with van der Waals surface area (Å²) in [5, 5.41) is 9.79. The molecule has 4 rings (SSSR count). The second-order valence-corrected chi connectivity index (χ2v) is 8.92. The summed E-state index contributed by atoms with van der Waals surface area (Å²) in [4.78, 5) is 17.4. The zero-order valence-corrected chi connectivity index (χ0v) is 17.6. The highest BCUT2D eigenvalue weighted by atomic mass is 32.2. The first-order chi connectivity index (χ1) is 13.7. The molecular weight excluding hydrogens is 370 g/mol. The minimum atomic E-state index is 0.216. The van der Waals surface area contributed by atoms with E-state index in [0.717, 1.165) is 67.7 Å². The second kappa shape index (κ2) is 8.66. The number of thioether (sulfide) groups is 1. The third-order valence-electron chi connectivity index (χ3n) is 5.78. The summed E-state index contributed by atoms with van der Waals surface area (Å²) >= 11 is 1.73. The summed E-state index contributed by atoms with van der Waals surface area (Å²) in [6.45, 7) is 5.30. The quantitative estimate of drug-likeness (QED) is 0.723. The number of hydrogen-bond acceptors (Lipinski definition) is 5. The Labute approximate surface area is 171 Å². The van der Waals surface area contributed by atoms with Crippen molar-refractivity contribution < 1.29 is 4.79 Å². The first kappa shape index (κ1) is 19.5. The number of nitrogens with zero attached hydrogens (tertiary/aromatic N) is 5. The summed E-state index contributed by atoms with van der Waals surface area (Å²) in [7, 11) is 2.06. The number of anilines is 1. The Morgan fingerprint density at radius 3 is 2.93 bits per heavy atom. The van der Waals surface area contributed by atoms with Crippen molar-refractivity contribution in [3.63, 3.8) is 0 Å². The lowest BCUT2D eigenvalue weighted by molar-refractivity contribution is -0.120. The molecule has 0 N–H and O–H groups in total. The lowest BCUT2D eigenvalue weighted by atomic mass is 9.97. The number of fused-ring (bicyclic) bond motifs is 1. The van der Waals surface area contributed by atoms with E-state index >= 15 is 0 Å². The van der Waals surface area contributed by atoms with E-state index in [0.29, 0.717) is 12.5 Å². The molecule has 28 heavy (non-hydrogen) atoms. The highest BCUT2D eigenvalue weighted by Gasteiger charge is 2.29. The number of para-hydroxylation sites is 1. The fourth-order valence-corrected chi connectivity index (χ4v) is 5.06. The van der Waals surface area contributed by atoms with Crippen LogP contribution in [0.15, 0.2) is 29.4 Å². The molecule has 2 aliphatic heterocycles. The first-order valence-electron chi connectivity index (χ1n) is 10.3. The van der Waals surface area contributed by atoms with Crippen molar-refractivity contribution in [2.45, 2.75) is 43.7 Å². The molecular formula is C21H29N5OS. The zero-order chi connectivity index (χ0) is 19.5. The number of carbonyl (C=O) groups is 1. The van der Waals surface area contributed by atoms with Gasteiger partial charge >= 0.3 is 0 Å². The summed E-state index contributed by atoms with van der Waals surface area (Å²) in [6.07, 6.45) is 4.32. The van der Waals surface area contributed by atoms with Gasteiger partial charge in [-0.25, -0.2) is 0 Å². The third-order valence-corrected chi connectivity index (χ3v) is 6.69.